The summed E-state index contributed by atoms with van der Waals surface area (Å²) in [7, 11) is 1.66. The molecule has 2 nitrogen and oxygen atoms in total. The fourth-order valence-electron chi connectivity index (χ4n) is 1.66. The van der Waals surface area contributed by atoms with Crippen LogP contribution in [0.1, 0.15) is 11.1 Å². The summed E-state index contributed by atoms with van der Waals surface area (Å²) < 4.78 is 5.15. The van der Waals surface area contributed by atoms with Gasteiger partial charge in [-0.05, 0) is 41.3 Å². The van der Waals surface area contributed by atoms with Crippen molar-refractivity contribution in [3.8, 4) is 5.75 Å². The molecule has 1 aromatic rings. The summed E-state index contributed by atoms with van der Waals surface area (Å²) in [5.41, 5.74) is 2.45. The second kappa shape index (κ2) is 4.45. The topological polar surface area (TPSA) is 26.3 Å². The largest absolute Gasteiger partial charge is 0.497 e. The lowest BCUT2D eigenvalue weighted by molar-refractivity contribution is -0.111. The number of fused-ring (bicyclic) bond motifs is 1. The van der Waals surface area contributed by atoms with Crippen molar-refractivity contribution < 1.29 is 9.53 Å². The van der Waals surface area contributed by atoms with Crippen LogP contribution in [0, 0.1) is 0 Å². The van der Waals surface area contributed by atoms with Crippen LogP contribution in [0.15, 0.2) is 18.2 Å². The van der Waals surface area contributed by atoms with Crippen LogP contribution in [-0.2, 0) is 17.0 Å². The third kappa shape index (κ3) is 2.29. The molecule has 0 spiro atoms. The number of hydrogen-bond donors (Lipinski definition) is 0. The van der Waals surface area contributed by atoms with Gasteiger partial charge in [0, 0.05) is 5.75 Å². The summed E-state index contributed by atoms with van der Waals surface area (Å²) in [5, 5.41) is -0.339. The van der Waals surface area contributed by atoms with Gasteiger partial charge in [-0.1, -0.05) is 6.07 Å². The van der Waals surface area contributed by atoms with E-state index in [2.05, 4.69) is 0 Å². The van der Waals surface area contributed by atoms with Crippen molar-refractivity contribution in [3.63, 3.8) is 0 Å². The SMILES string of the molecule is COc1ccc2c(c1)CSC(C(=O)Cl)C2. The highest BCUT2D eigenvalue weighted by molar-refractivity contribution is 8.00. The molecule has 0 aromatic heterocycles. The van der Waals surface area contributed by atoms with Crippen LogP contribution in [0.25, 0.3) is 0 Å². The molecule has 1 aliphatic heterocycles. The van der Waals surface area contributed by atoms with Crippen molar-refractivity contribution in [1.82, 2.24) is 0 Å². The number of carbonyl (C=O) groups excluding carboxylic acids is 1. The molecule has 2 rings (SSSR count). The van der Waals surface area contributed by atoms with E-state index >= 15 is 0 Å². The van der Waals surface area contributed by atoms with Gasteiger partial charge < -0.3 is 4.74 Å². The van der Waals surface area contributed by atoms with E-state index in [-0.39, 0.29) is 10.5 Å². The first kappa shape index (κ1) is 10.8. The van der Waals surface area contributed by atoms with Crippen molar-refractivity contribution in [3.05, 3.63) is 29.3 Å². The van der Waals surface area contributed by atoms with Gasteiger partial charge in [0.25, 0.3) is 0 Å². The Labute approximate surface area is 98.0 Å². The summed E-state index contributed by atoms with van der Waals surface area (Å²) in [6.45, 7) is 0. The molecule has 0 fully saturated rings. The highest BCUT2D eigenvalue weighted by atomic mass is 35.5. The maximum atomic E-state index is 11.1. The number of carbonyl (C=O) groups is 1. The molecule has 0 radical (unpaired) electrons. The van der Waals surface area contributed by atoms with E-state index in [1.807, 2.05) is 18.2 Å². The summed E-state index contributed by atoms with van der Waals surface area (Å²) in [4.78, 5) is 11.1. The van der Waals surface area contributed by atoms with E-state index in [1.54, 1.807) is 18.9 Å². The zero-order valence-corrected chi connectivity index (χ0v) is 9.90. The van der Waals surface area contributed by atoms with Gasteiger partial charge in [0.1, 0.15) is 5.75 Å². The molecule has 4 heteroatoms. The van der Waals surface area contributed by atoms with Gasteiger partial charge in [0.15, 0.2) is 0 Å². The third-order valence-corrected chi connectivity index (χ3v) is 4.17. The molecule has 1 atom stereocenters. The molecule has 0 aliphatic carbocycles. The molecule has 80 valence electrons. The number of hydrogen-bond acceptors (Lipinski definition) is 3. The fourth-order valence-corrected chi connectivity index (χ4v) is 3.00. The predicted octanol–water partition coefficient (Wildman–Crippen LogP) is 2.62. The highest BCUT2D eigenvalue weighted by Gasteiger charge is 2.23. The monoisotopic (exact) mass is 242 g/mol. The van der Waals surface area contributed by atoms with Crippen LogP contribution in [0.5, 0.6) is 5.75 Å². The second-order valence-electron chi connectivity index (χ2n) is 3.44. The first-order valence-corrected chi connectivity index (χ1v) is 6.10. The fraction of sp³-hybridized carbons (Fsp3) is 0.364. The lowest BCUT2D eigenvalue weighted by Gasteiger charge is -2.21. The van der Waals surface area contributed by atoms with Crippen LogP contribution in [0.2, 0.25) is 0 Å². The van der Waals surface area contributed by atoms with Crippen molar-refractivity contribution in [2.24, 2.45) is 0 Å². The smallest absolute Gasteiger partial charge is 0.234 e. The van der Waals surface area contributed by atoms with Gasteiger partial charge in [-0.15, -0.1) is 11.8 Å². The Bertz CT molecular complexity index is 392. The molecular weight excluding hydrogens is 232 g/mol. The number of halogens is 1. The van der Waals surface area contributed by atoms with Gasteiger partial charge in [-0.3, -0.25) is 4.79 Å². The van der Waals surface area contributed by atoms with Gasteiger partial charge >= 0.3 is 0 Å². The number of thioether (sulfide) groups is 1. The van der Waals surface area contributed by atoms with Gasteiger partial charge in [-0.2, -0.15) is 0 Å². The molecule has 1 aromatic carbocycles. The summed E-state index contributed by atoms with van der Waals surface area (Å²) in [5.74, 6) is 1.69. The Morgan fingerprint density at radius 3 is 3.00 bits per heavy atom. The van der Waals surface area contributed by atoms with E-state index in [4.69, 9.17) is 16.3 Å². The summed E-state index contributed by atoms with van der Waals surface area (Å²) in [6, 6.07) is 5.96. The average Bonchev–Trinajstić information content (AvgIpc) is 2.27. The Kier molecular flexibility index (Phi) is 3.22. The van der Waals surface area contributed by atoms with Crippen LogP contribution in [0.3, 0.4) is 0 Å². The van der Waals surface area contributed by atoms with E-state index < -0.39 is 0 Å². The maximum absolute atomic E-state index is 11.1. The minimum absolute atomic E-state index is 0.0902. The van der Waals surface area contributed by atoms with Crippen molar-refractivity contribution in [1.29, 1.82) is 0 Å². The minimum atomic E-state index is -0.249. The zero-order valence-electron chi connectivity index (χ0n) is 8.33. The second-order valence-corrected chi connectivity index (χ2v) is 5.01. The molecule has 15 heavy (non-hydrogen) atoms. The Morgan fingerprint density at radius 2 is 2.33 bits per heavy atom. The van der Waals surface area contributed by atoms with Gasteiger partial charge in [-0.25, -0.2) is 0 Å². The standard InChI is InChI=1S/C11H11ClO2S/c1-14-9-3-2-7-5-10(11(12)13)15-6-8(7)4-9/h2-4,10H,5-6H2,1H3. The predicted molar refractivity (Wildman–Crippen MR) is 62.6 cm³/mol. The van der Waals surface area contributed by atoms with Crippen LogP contribution >= 0.6 is 23.4 Å². The summed E-state index contributed by atoms with van der Waals surface area (Å²) >= 11 is 7.09. The minimum Gasteiger partial charge on any atom is -0.497 e. The average molecular weight is 243 g/mol. The van der Waals surface area contributed by atoms with Gasteiger partial charge in [0.2, 0.25) is 5.24 Å². The molecule has 1 aliphatic rings. The van der Waals surface area contributed by atoms with E-state index in [9.17, 15) is 4.79 Å². The lowest BCUT2D eigenvalue weighted by Crippen LogP contribution is -2.20. The van der Waals surface area contributed by atoms with Crippen LogP contribution in [0.4, 0.5) is 0 Å². The maximum Gasteiger partial charge on any atom is 0.234 e. The van der Waals surface area contributed by atoms with Crippen molar-refractivity contribution in [2.75, 3.05) is 7.11 Å². The Balaban J connectivity index is 2.24. The summed E-state index contributed by atoms with van der Waals surface area (Å²) in [6.07, 6.45) is 0.728. The molecule has 0 saturated heterocycles. The molecular formula is C11H11ClO2S. The highest BCUT2D eigenvalue weighted by Crippen LogP contribution is 2.33. The molecule has 0 amide bonds. The molecule has 1 heterocycles. The molecule has 0 saturated carbocycles. The number of benzene rings is 1. The Morgan fingerprint density at radius 1 is 1.53 bits per heavy atom. The first-order valence-electron chi connectivity index (χ1n) is 4.67. The van der Waals surface area contributed by atoms with E-state index in [1.165, 1.54) is 11.1 Å². The first-order chi connectivity index (χ1) is 7.20. The van der Waals surface area contributed by atoms with Crippen LogP contribution < -0.4 is 4.74 Å². The van der Waals surface area contributed by atoms with E-state index in [0.717, 1.165) is 17.9 Å². The zero-order chi connectivity index (χ0) is 10.8. The molecule has 0 N–H and O–H groups in total. The number of rotatable bonds is 2. The third-order valence-electron chi connectivity index (χ3n) is 2.51. The molecule has 1 unspecified atom stereocenters. The normalized spacial score (nSPS) is 19.5. The lowest BCUT2D eigenvalue weighted by atomic mass is 10.0. The van der Waals surface area contributed by atoms with Crippen molar-refractivity contribution in [2.45, 2.75) is 17.4 Å². The van der Waals surface area contributed by atoms with E-state index in [0.29, 0.717) is 0 Å². The van der Waals surface area contributed by atoms with Crippen molar-refractivity contribution >= 4 is 28.6 Å². The Hall–Kier alpha value is -0.670. The quantitative estimate of drug-likeness (QED) is 0.746. The van der Waals surface area contributed by atoms with Crippen LogP contribution in [-0.4, -0.2) is 17.6 Å². The number of methoxy groups -OCH3 is 1. The number of ether oxygens (including phenoxy) is 1. The molecule has 0 bridgehead atoms. The van der Waals surface area contributed by atoms with Gasteiger partial charge in [0.05, 0.1) is 12.4 Å².